The zero-order valence-corrected chi connectivity index (χ0v) is 24.2. The van der Waals surface area contributed by atoms with Gasteiger partial charge in [-0.1, -0.05) is 41.5 Å². The fraction of sp³-hybridized carbons (Fsp3) is 0.913. The normalized spacial score (nSPS) is 13.8. The smallest absolute Gasteiger partial charge is 0.323 e. The van der Waals surface area contributed by atoms with Crippen LogP contribution >= 0.6 is 0 Å². The molecule has 8 heteroatoms. The van der Waals surface area contributed by atoms with Gasteiger partial charge in [0.2, 0.25) is 0 Å². The van der Waals surface area contributed by atoms with Crippen molar-refractivity contribution in [1.82, 2.24) is 0 Å². The van der Waals surface area contributed by atoms with Crippen molar-refractivity contribution in [3.8, 4) is 0 Å². The second-order valence-corrected chi connectivity index (χ2v) is 21.1. The minimum absolute atomic E-state index is 0.107. The van der Waals surface area contributed by atoms with Crippen molar-refractivity contribution in [2.24, 2.45) is 5.41 Å². The lowest BCUT2D eigenvalue weighted by Crippen LogP contribution is -2.44. The Bertz CT molecular complexity index is 536. The van der Waals surface area contributed by atoms with Gasteiger partial charge in [0.05, 0.1) is 14.2 Å². The van der Waals surface area contributed by atoms with E-state index in [1.807, 2.05) is 0 Å². The van der Waals surface area contributed by atoms with Crippen molar-refractivity contribution in [2.75, 3.05) is 27.4 Å². The van der Waals surface area contributed by atoms with Crippen LogP contribution in [0.4, 0.5) is 0 Å². The molecule has 0 N–H and O–H groups in total. The highest BCUT2D eigenvalue weighted by Gasteiger charge is 2.48. The molecule has 0 aliphatic heterocycles. The highest BCUT2D eigenvalue weighted by molar-refractivity contribution is 6.74. The molecule has 0 fully saturated rings. The van der Waals surface area contributed by atoms with Crippen LogP contribution in [0.3, 0.4) is 0 Å². The summed E-state index contributed by atoms with van der Waals surface area (Å²) in [6, 6.07) is 0. The summed E-state index contributed by atoms with van der Waals surface area (Å²) in [7, 11) is -1.14. The minimum atomic E-state index is -1.89. The van der Waals surface area contributed by atoms with E-state index >= 15 is 0 Å². The first-order valence-corrected chi connectivity index (χ1v) is 17.1. The summed E-state index contributed by atoms with van der Waals surface area (Å²) in [6.07, 6.45) is 1.84. The molecule has 0 bridgehead atoms. The van der Waals surface area contributed by atoms with Crippen molar-refractivity contribution in [1.29, 1.82) is 0 Å². The summed E-state index contributed by atoms with van der Waals surface area (Å²) in [5, 5.41) is 0.214. The van der Waals surface area contributed by atoms with E-state index in [1.54, 1.807) is 0 Å². The molecule has 6 nitrogen and oxygen atoms in total. The molecule has 0 rings (SSSR count). The monoisotopic (exact) mass is 476 g/mol. The predicted octanol–water partition coefficient (Wildman–Crippen LogP) is 5.92. The quantitative estimate of drug-likeness (QED) is 0.151. The van der Waals surface area contributed by atoms with Crippen molar-refractivity contribution >= 4 is 28.6 Å². The second kappa shape index (κ2) is 11.4. The summed E-state index contributed by atoms with van der Waals surface area (Å²) in [4.78, 5) is 25.5. The van der Waals surface area contributed by atoms with Gasteiger partial charge in [0.15, 0.2) is 22.0 Å². The fourth-order valence-corrected chi connectivity index (χ4v) is 5.02. The highest BCUT2D eigenvalue weighted by Crippen LogP contribution is 2.39. The fourth-order valence-electron chi connectivity index (χ4n) is 2.84. The van der Waals surface area contributed by atoms with Gasteiger partial charge in [-0.3, -0.25) is 9.59 Å². The number of hydrogen-bond acceptors (Lipinski definition) is 6. The Morgan fingerprint density at radius 3 is 1.16 bits per heavy atom. The van der Waals surface area contributed by atoms with Gasteiger partial charge < -0.3 is 18.3 Å². The summed E-state index contributed by atoms with van der Waals surface area (Å²) in [5.41, 5.74) is -1.32. The number of ether oxygens (including phenoxy) is 2. The van der Waals surface area contributed by atoms with Crippen LogP contribution in [-0.4, -0.2) is 56.0 Å². The van der Waals surface area contributed by atoms with Crippen LogP contribution in [0.2, 0.25) is 36.3 Å². The Kier molecular flexibility index (Phi) is 11.2. The zero-order chi connectivity index (χ0) is 24.7. The summed E-state index contributed by atoms with van der Waals surface area (Å²) in [6.45, 7) is 22.9. The van der Waals surface area contributed by atoms with Crippen molar-refractivity contribution in [3.05, 3.63) is 0 Å². The Balaban J connectivity index is 5.24. The molecule has 0 atom stereocenters. The van der Waals surface area contributed by atoms with Crippen LogP contribution < -0.4 is 0 Å². The second-order valence-electron chi connectivity index (χ2n) is 11.5. The van der Waals surface area contributed by atoms with E-state index in [9.17, 15) is 9.59 Å². The highest BCUT2D eigenvalue weighted by atomic mass is 28.4. The van der Waals surface area contributed by atoms with Gasteiger partial charge in [0, 0.05) is 13.2 Å². The van der Waals surface area contributed by atoms with E-state index < -0.39 is 34.0 Å². The largest absolute Gasteiger partial charge is 0.468 e. The van der Waals surface area contributed by atoms with Crippen LogP contribution in [0.5, 0.6) is 0 Å². The minimum Gasteiger partial charge on any atom is -0.468 e. The lowest BCUT2D eigenvalue weighted by Gasteiger charge is -2.37. The molecule has 0 aliphatic carbocycles. The van der Waals surface area contributed by atoms with Gasteiger partial charge in [-0.05, 0) is 61.9 Å². The van der Waals surface area contributed by atoms with Gasteiger partial charge in [0.25, 0.3) is 0 Å². The Morgan fingerprint density at radius 2 is 0.935 bits per heavy atom. The average Bonchev–Trinajstić information content (AvgIpc) is 2.63. The van der Waals surface area contributed by atoms with E-state index in [4.69, 9.17) is 18.3 Å². The predicted molar refractivity (Wildman–Crippen MR) is 131 cm³/mol. The summed E-state index contributed by atoms with van der Waals surface area (Å²) >= 11 is 0. The molecule has 0 aromatic carbocycles. The molecule has 0 amide bonds. The van der Waals surface area contributed by atoms with Gasteiger partial charge >= 0.3 is 11.9 Å². The maximum Gasteiger partial charge on any atom is 0.323 e. The number of carbonyl (C=O) groups is 2. The van der Waals surface area contributed by atoms with Crippen molar-refractivity contribution in [3.63, 3.8) is 0 Å². The number of carbonyl (C=O) groups excluding carboxylic acids is 2. The SMILES string of the molecule is COC(=O)C(CCCO[Si](C)(C)C(C)(C)C)(CCCO[Si](C)(C)C(C)(C)C)C(=O)OC. The molecule has 0 unspecified atom stereocenters. The lowest BCUT2D eigenvalue weighted by molar-refractivity contribution is -0.170. The summed E-state index contributed by atoms with van der Waals surface area (Å²) in [5.74, 6) is -1.09. The third-order valence-corrected chi connectivity index (χ3v) is 16.3. The Hall–Kier alpha value is -0.706. The molecule has 31 heavy (non-hydrogen) atoms. The molecular weight excluding hydrogens is 428 g/mol. The molecule has 184 valence electrons. The number of methoxy groups -OCH3 is 2. The topological polar surface area (TPSA) is 71.1 Å². The number of rotatable bonds is 12. The Labute approximate surface area is 193 Å². The number of hydrogen-bond donors (Lipinski definition) is 0. The van der Waals surface area contributed by atoms with Crippen molar-refractivity contribution in [2.45, 2.75) is 103 Å². The molecule has 0 spiro atoms. The maximum absolute atomic E-state index is 12.7. The van der Waals surface area contributed by atoms with Crippen LogP contribution in [0.15, 0.2) is 0 Å². The number of esters is 2. The first-order valence-electron chi connectivity index (χ1n) is 11.3. The standard InChI is InChI=1S/C23H48O6Si2/c1-21(2,3)30(9,10)28-17-13-15-23(19(24)26-7,20(25)27-8)16-14-18-29-31(11,12)22(4,5)6/h13-18H2,1-12H3. The van der Waals surface area contributed by atoms with Crippen LogP contribution in [0, 0.1) is 5.41 Å². The lowest BCUT2D eigenvalue weighted by atomic mass is 9.79. The molecule has 0 heterocycles. The molecule has 0 saturated heterocycles. The maximum atomic E-state index is 12.7. The molecule has 0 aromatic heterocycles. The molecule has 0 aromatic rings. The van der Waals surface area contributed by atoms with Gasteiger partial charge in [-0.25, -0.2) is 0 Å². The first kappa shape index (κ1) is 30.3. The third kappa shape index (κ3) is 8.29. The van der Waals surface area contributed by atoms with Crippen LogP contribution in [0.25, 0.3) is 0 Å². The molecule has 0 aliphatic rings. The average molecular weight is 477 g/mol. The van der Waals surface area contributed by atoms with Crippen LogP contribution in [-0.2, 0) is 27.9 Å². The molecular formula is C23H48O6Si2. The Morgan fingerprint density at radius 1 is 0.645 bits per heavy atom. The van der Waals surface area contributed by atoms with E-state index in [1.165, 1.54) is 14.2 Å². The van der Waals surface area contributed by atoms with E-state index in [0.717, 1.165) is 0 Å². The van der Waals surface area contributed by atoms with E-state index in [0.29, 0.717) is 38.9 Å². The summed E-state index contributed by atoms with van der Waals surface area (Å²) < 4.78 is 22.6. The molecule has 0 radical (unpaired) electrons. The van der Waals surface area contributed by atoms with E-state index in [-0.39, 0.29) is 10.1 Å². The van der Waals surface area contributed by atoms with Gasteiger partial charge in [-0.15, -0.1) is 0 Å². The third-order valence-electron chi connectivity index (χ3n) is 7.19. The van der Waals surface area contributed by atoms with Gasteiger partial charge in [-0.2, -0.15) is 0 Å². The van der Waals surface area contributed by atoms with Crippen LogP contribution in [0.1, 0.15) is 67.2 Å². The van der Waals surface area contributed by atoms with Gasteiger partial charge in [0.1, 0.15) is 0 Å². The molecule has 0 saturated carbocycles. The first-order chi connectivity index (χ1) is 13.9. The van der Waals surface area contributed by atoms with E-state index in [2.05, 4.69) is 67.7 Å². The zero-order valence-electron chi connectivity index (χ0n) is 22.2. The van der Waals surface area contributed by atoms with Crippen molar-refractivity contribution < 1.29 is 27.9 Å².